The van der Waals surface area contributed by atoms with Crippen LogP contribution in [0.15, 0.2) is 12.3 Å². The molecule has 2 rings (SSSR count). The Balaban J connectivity index is 2.69. The number of fused-ring (bicyclic) bond motifs is 1. The van der Waals surface area contributed by atoms with Crippen LogP contribution >= 0.6 is 0 Å². The van der Waals surface area contributed by atoms with Crippen molar-refractivity contribution in [1.82, 2.24) is 15.0 Å². The van der Waals surface area contributed by atoms with Gasteiger partial charge in [0.15, 0.2) is 5.65 Å². The molecule has 0 saturated carbocycles. The van der Waals surface area contributed by atoms with E-state index in [1.165, 1.54) is 0 Å². The van der Waals surface area contributed by atoms with Gasteiger partial charge >= 0.3 is 0 Å². The van der Waals surface area contributed by atoms with Crippen LogP contribution in [0.3, 0.4) is 0 Å². The number of rotatable bonds is 1. The molecule has 0 spiro atoms. The minimum atomic E-state index is -0.451. The predicted molar refractivity (Wildman–Crippen MR) is 55.8 cm³/mol. The Morgan fingerprint density at radius 1 is 1.43 bits per heavy atom. The van der Waals surface area contributed by atoms with Gasteiger partial charge in [0.05, 0.1) is 11.1 Å². The second-order valence-electron chi connectivity index (χ2n) is 4.13. The van der Waals surface area contributed by atoms with Crippen LogP contribution in [0.25, 0.3) is 11.2 Å². The Hall–Kier alpha value is -1.42. The zero-order valence-corrected chi connectivity index (χ0v) is 8.63. The molecule has 0 aromatic carbocycles. The molecule has 2 heterocycles. The molecule has 0 saturated heterocycles. The first kappa shape index (κ1) is 9.15. The fourth-order valence-corrected chi connectivity index (χ4v) is 1.34. The van der Waals surface area contributed by atoms with Crippen LogP contribution in [0.5, 0.6) is 0 Å². The van der Waals surface area contributed by atoms with Crippen molar-refractivity contribution in [2.75, 3.05) is 0 Å². The van der Waals surface area contributed by atoms with E-state index in [0.717, 1.165) is 22.6 Å². The molecule has 2 aromatic heterocycles. The molecule has 0 atom stereocenters. The smallest absolute Gasteiger partial charge is 0.178 e. The number of imidazole rings is 1. The molecule has 74 valence electrons. The van der Waals surface area contributed by atoms with Gasteiger partial charge in [-0.3, -0.25) is 0 Å². The van der Waals surface area contributed by atoms with Crippen molar-refractivity contribution in [3.63, 3.8) is 0 Å². The van der Waals surface area contributed by atoms with Crippen LogP contribution in [-0.2, 0) is 5.54 Å². The van der Waals surface area contributed by atoms with E-state index in [4.69, 9.17) is 5.73 Å². The molecule has 0 aliphatic rings. The van der Waals surface area contributed by atoms with Gasteiger partial charge < -0.3 is 10.7 Å². The van der Waals surface area contributed by atoms with Crippen LogP contribution in [0.1, 0.15) is 25.2 Å². The van der Waals surface area contributed by atoms with E-state index in [2.05, 4.69) is 15.0 Å². The average Bonchev–Trinajstić information content (AvgIpc) is 2.48. The van der Waals surface area contributed by atoms with Gasteiger partial charge in [-0.1, -0.05) is 0 Å². The summed E-state index contributed by atoms with van der Waals surface area (Å²) in [6.45, 7) is 5.86. The number of pyridine rings is 1. The van der Waals surface area contributed by atoms with Gasteiger partial charge in [0.25, 0.3) is 0 Å². The third-order valence-corrected chi connectivity index (χ3v) is 2.21. The molecule has 0 unspecified atom stereocenters. The number of aromatic amines is 1. The lowest BCUT2D eigenvalue weighted by Crippen LogP contribution is -2.30. The van der Waals surface area contributed by atoms with E-state index < -0.39 is 5.54 Å². The third-order valence-electron chi connectivity index (χ3n) is 2.21. The molecule has 0 amide bonds. The molecule has 0 fully saturated rings. The van der Waals surface area contributed by atoms with Crippen molar-refractivity contribution in [3.05, 3.63) is 23.7 Å². The van der Waals surface area contributed by atoms with Crippen LogP contribution in [0.2, 0.25) is 0 Å². The summed E-state index contributed by atoms with van der Waals surface area (Å²) in [5.74, 6) is 0.773. The normalized spacial score (nSPS) is 12.3. The summed E-state index contributed by atoms with van der Waals surface area (Å²) < 4.78 is 0. The van der Waals surface area contributed by atoms with E-state index in [1.807, 2.05) is 26.8 Å². The number of aromatic nitrogens is 3. The lowest BCUT2D eigenvalue weighted by molar-refractivity contribution is 0.522. The highest BCUT2D eigenvalue weighted by Gasteiger charge is 2.19. The van der Waals surface area contributed by atoms with Gasteiger partial charge in [-0.05, 0) is 32.4 Å². The largest absolute Gasteiger partial charge is 0.339 e. The molecule has 4 heteroatoms. The maximum atomic E-state index is 5.95. The highest BCUT2D eigenvalue weighted by molar-refractivity contribution is 5.74. The van der Waals surface area contributed by atoms with Gasteiger partial charge in [0.2, 0.25) is 0 Å². The van der Waals surface area contributed by atoms with Crippen LogP contribution in [0.4, 0.5) is 0 Å². The van der Waals surface area contributed by atoms with Crippen LogP contribution < -0.4 is 5.73 Å². The number of nitrogens with one attached hydrogen (secondary N) is 1. The van der Waals surface area contributed by atoms with E-state index in [1.54, 1.807) is 6.20 Å². The molecule has 0 aliphatic carbocycles. The first-order valence-corrected chi connectivity index (χ1v) is 4.59. The predicted octanol–water partition coefficient (Wildman–Crippen LogP) is 1.46. The van der Waals surface area contributed by atoms with Gasteiger partial charge in [-0.2, -0.15) is 0 Å². The third kappa shape index (κ3) is 1.37. The van der Waals surface area contributed by atoms with Crippen molar-refractivity contribution in [1.29, 1.82) is 0 Å². The topological polar surface area (TPSA) is 67.6 Å². The number of nitrogens with zero attached hydrogens (tertiary/aromatic N) is 2. The molecule has 3 N–H and O–H groups in total. The Labute approximate surface area is 82.6 Å². The van der Waals surface area contributed by atoms with Crippen LogP contribution in [-0.4, -0.2) is 15.0 Å². The lowest BCUT2D eigenvalue weighted by Gasteiger charge is -2.13. The number of nitrogens with two attached hydrogens (primary N) is 1. The minimum absolute atomic E-state index is 0.451. The summed E-state index contributed by atoms with van der Waals surface area (Å²) >= 11 is 0. The van der Waals surface area contributed by atoms with Gasteiger partial charge in [-0.25, -0.2) is 9.97 Å². The fourth-order valence-electron chi connectivity index (χ4n) is 1.34. The van der Waals surface area contributed by atoms with E-state index in [-0.39, 0.29) is 0 Å². The standard InChI is InChI=1S/C10H14N4/c1-6-4-5-12-8-7(6)13-9(14-8)10(2,3)11/h4-5H,11H2,1-3H3,(H,12,13,14). The molecular formula is C10H14N4. The van der Waals surface area contributed by atoms with Crippen LogP contribution in [0, 0.1) is 6.92 Å². The number of H-pyrrole nitrogens is 1. The van der Waals surface area contributed by atoms with E-state index in [0.29, 0.717) is 0 Å². The van der Waals surface area contributed by atoms with Crippen molar-refractivity contribution >= 4 is 11.2 Å². The quantitative estimate of drug-likeness (QED) is 0.715. The monoisotopic (exact) mass is 190 g/mol. The van der Waals surface area contributed by atoms with Crippen molar-refractivity contribution in [3.8, 4) is 0 Å². The number of hydrogen-bond acceptors (Lipinski definition) is 3. The molecule has 0 radical (unpaired) electrons. The molecule has 0 aliphatic heterocycles. The zero-order valence-electron chi connectivity index (χ0n) is 8.63. The molecule has 0 bridgehead atoms. The average molecular weight is 190 g/mol. The van der Waals surface area contributed by atoms with E-state index in [9.17, 15) is 0 Å². The Morgan fingerprint density at radius 3 is 2.71 bits per heavy atom. The first-order chi connectivity index (χ1) is 6.48. The first-order valence-electron chi connectivity index (χ1n) is 4.59. The molecule has 2 aromatic rings. The summed E-state index contributed by atoms with van der Waals surface area (Å²) in [6, 6.07) is 1.95. The maximum absolute atomic E-state index is 5.95. The van der Waals surface area contributed by atoms with Gasteiger partial charge in [0, 0.05) is 6.20 Å². The van der Waals surface area contributed by atoms with Crippen molar-refractivity contribution in [2.24, 2.45) is 5.73 Å². The highest BCUT2D eigenvalue weighted by atomic mass is 15.0. The van der Waals surface area contributed by atoms with Crippen molar-refractivity contribution in [2.45, 2.75) is 26.3 Å². The summed E-state index contributed by atoms with van der Waals surface area (Å²) in [7, 11) is 0. The second kappa shape index (κ2) is 2.78. The summed E-state index contributed by atoms with van der Waals surface area (Å²) in [4.78, 5) is 11.7. The molecule has 4 nitrogen and oxygen atoms in total. The summed E-state index contributed by atoms with van der Waals surface area (Å²) in [6.07, 6.45) is 1.76. The Kier molecular flexibility index (Phi) is 1.82. The Bertz CT molecular complexity index is 464. The number of aryl methyl sites for hydroxylation is 1. The molecule has 14 heavy (non-hydrogen) atoms. The lowest BCUT2D eigenvalue weighted by atomic mass is 10.1. The number of hydrogen-bond donors (Lipinski definition) is 2. The fraction of sp³-hybridized carbons (Fsp3) is 0.400. The van der Waals surface area contributed by atoms with Crippen molar-refractivity contribution < 1.29 is 0 Å². The summed E-state index contributed by atoms with van der Waals surface area (Å²) in [5, 5.41) is 0. The molecular weight excluding hydrogens is 176 g/mol. The summed E-state index contributed by atoms with van der Waals surface area (Å²) in [5.41, 5.74) is 8.34. The SMILES string of the molecule is Cc1ccnc2nc(C(C)(C)N)[nH]c12. The van der Waals surface area contributed by atoms with Gasteiger partial charge in [0.1, 0.15) is 5.82 Å². The zero-order chi connectivity index (χ0) is 10.3. The van der Waals surface area contributed by atoms with Gasteiger partial charge in [-0.15, -0.1) is 0 Å². The highest BCUT2D eigenvalue weighted by Crippen LogP contribution is 2.18. The maximum Gasteiger partial charge on any atom is 0.178 e. The van der Waals surface area contributed by atoms with E-state index >= 15 is 0 Å². The Morgan fingerprint density at radius 2 is 2.14 bits per heavy atom. The second-order valence-corrected chi connectivity index (χ2v) is 4.13. The minimum Gasteiger partial charge on any atom is -0.339 e.